The highest BCUT2D eigenvalue weighted by atomic mass is 31.0. The summed E-state index contributed by atoms with van der Waals surface area (Å²) in [4.78, 5) is 11.5. The van der Waals surface area contributed by atoms with E-state index in [1.165, 1.54) is 5.56 Å². The molecule has 3 nitrogen and oxygen atoms in total. The first-order valence-electron chi connectivity index (χ1n) is 4.57. The number of hydrogen-bond acceptors (Lipinski definition) is 2. The highest BCUT2D eigenvalue weighted by Crippen LogP contribution is 2.26. The molecule has 1 aromatic heterocycles. The third-order valence-corrected chi connectivity index (χ3v) is 2.81. The van der Waals surface area contributed by atoms with Crippen LogP contribution in [0, 0.1) is 0 Å². The van der Waals surface area contributed by atoms with Crippen LogP contribution in [-0.2, 0) is 11.2 Å². The molecule has 0 bridgehead atoms. The van der Waals surface area contributed by atoms with E-state index in [0.717, 1.165) is 12.1 Å². The van der Waals surface area contributed by atoms with E-state index in [1.54, 1.807) is 4.34 Å². The van der Waals surface area contributed by atoms with Gasteiger partial charge in [0.15, 0.2) is 0 Å². The first kappa shape index (κ1) is 9.47. The molecule has 14 heavy (non-hydrogen) atoms. The van der Waals surface area contributed by atoms with Gasteiger partial charge in [0.05, 0.1) is 6.61 Å². The zero-order valence-electron chi connectivity index (χ0n) is 7.99. The molecule has 74 valence electrons. The summed E-state index contributed by atoms with van der Waals surface area (Å²) in [7, 11) is 2.53. The van der Waals surface area contributed by atoms with E-state index < -0.39 is 0 Å². The van der Waals surface area contributed by atoms with Crippen LogP contribution in [0.1, 0.15) is 28.7 Å². The molecule has 4 heteroatoms. The van der Waals surface area contributed by atoms with Crippen LogP contribution in [0.3, 0.4) is 0 Å². The molecule has 0 aromatic carbocycles. The molecular weight excluding hydrogens is 197 g/mol. The van der Waals surface area contributed by atoms with Gasteiger partial charge in [-0.2, -0.15) is 0 Å². The van der Waals surface area contributed by atoms with Crippen molar-refractivity contribution in [2.75, 3.05) is 6.61 Å². The third kappa shape index (κ3) is 1.38. The fourth-order valence-electron chi connectivity index (χ4n) is 1.60. The average Bonchev–Trinajstić information content (AvgIpc) is 2.69. The van der Waals surface area contributed by atoms with Crippen molar-refractivity contribution in [2.24, 2.45) is 0 Å². The molecule has 1 atom stereocenters. The smallest absolute Gasteiger partial charge is 0.355 e. The monoisotopic (exact) mass is 209 g/mol. The van der Waals surface area contributed by atoms with Gasteiger partial charge >= 0.3 is 5.97 Å². The van der Waals surface area contributed by atoms with Crippen molar-refractivity contribution in [3.63, 3.8) is 0 Å². The van der Waals surface area contributed by atoms with Crippen LogP contribution in [0.4, 0.5) is 0 Å². The molecule has 0 aliphatic heterocycles. The molecule has 0 saturated heterocycles. The Morgan fingerprint density at radius 3 is 3.14 bits per heavy atom. The molecule has 0 saturated carbocycles. The molecule has 1 heterocycles. The van der Waals surface area contributed by atoms with Crippen LogP contribution >= 0.6 is 9.39 Å². The van der Waals surface area contributed by atoms with E-state index in [4.69, 9.17) is 4.74 Å². The van der Waals surface area contributed by atoms with Gasteiger partial charge in [0.1, 0.15) is 5.69 Å². The van der Waals surface area contributed by atoms with E-state index in [9.17, 15) is 4.79 Å². The molecule has 0 amide bonds. The van der Waals surface area contributed by atoms with Crippen LogP contribution in [-0.4, -0.2) is 16.9 Å². The number of carbonyl (C=O) groups is 1. The van der Waals surface area contributed by atoms with Gasteiger partial charge in [-0.1, -0.05) is 6.08 Å². The topological polar surface area (TPSA) is 31.2 Å². The van der Waals surface area contributed by atoms with Crippen LogP contribution < -0.4 is 0 Å². The molecule has 1 unspecified atom stereocenters. The number of esters is 1. The highest BCUT2D eigenvalue weighted by molar-refractivity contribution is 7.14. The molecule has 1 aromatic rings. The number of aromatic nitrogens is 1. The summed E-state index contributed by atoms with van der Waals surface area (Å²) in [6, 6.07) is 1.89. The molecular formula is C10H12NO2P. The van der Waals surface area contributed by atoms with Gasteiger partial charge in [0, 0.05) is 5.69 Å². The zero-order chi connectivity index (χ0) is 10.1. The Labute approximate surface area is 85.0 Å². The van der Waals surface area contributed by atoms with Gasteiger partial charge in [0.25, 0.3) is 0 Å². The SMILES string of the molecule is CCOC(=O)c1cc2c(n1P)C=CC2. The Morgan fingerprint density at radius 1 is 1.71 bits per heavy atom. The second-order valence-corrected chi connectivity index (χ2v) is 3.65. The summed E-state index contributed by atoms with van der Waals surface area (Å²) >= 11 is 0. The maximum absolute atomic E-state index is 11.5. The minimum absolute atomic E-state index is 0.259. The van der Waals surface area contributed by atoms with Crippen molar-refractivity contribution >= 4 is 21.4 Å². The summed E-state index contributed by atoms with van der Waals surface area (Å²) in [5.74, 6) is -0.259. The van der Waals surface area contributed by atoms with Crippen LogP contribution in [0.2, 0.25) is 0 Å². The number of hydrogen-bond donors (Lipinski definition) is 0. The quantitative estimate of drug-likeness (QED) is 0.550. The van der Waals surface area contributed by atoms with Gasteiger partial charge in [-0.05, 0) is 40.4 Å². The lowest BCUT2D eigenvalue weighted by atomic mass is 10.2. The maximum Gasteiger partial charge on any atom is 0.355 e. The van der Waals surface area contributed by atoms with Crippen molar-refractivity contribution in [3.05, 3.63) is 29.1 Å². The molecule has 0 radical (unpaired) electrons. The zero-order valence-corrected chi connectivity index (χ0v) is 9.14. The number of nitrogens with zero attached hydrogens (tertiary/aromatic N) is 1. The van der Waals surface area contributed by atoms with Gasteiger partial charge in [-0.3, -0.25) is 0 Å². The number of ether oxygens (including phenoxy) is 1. The fraction of sp³-hybridized carbons (Fsp3) is 0.300. The first-order valence-corrected chi connectivity index (χ1v) is 5.09. The van der Waals surface area contributed by atoms with Crippen molar-refractivity contribution < 1.29 is 9.53 Å². The van der Waals surface area contributed by atoms with Crippen molar-refractivity contribution in [1.82, 2.24) is 4.34 Å². The summed E-state index contributed by atoms with van der Waals surface area (Å²) in [5.41, 5.74) is 2.87. The van der Waals surface area contributed by atoms with E-state index in [2.05, 4.69) is 15.5 Å². The van der Waals surface area contributed by atoms with E-state index in [-0.39, 0.29) is 5.97 Å². The molecule has 1 aliphatic carbocycles. The Kier molecular flexibility index (Phi) is 2.42. The maximum atomic E-state index is 11.5. The highest BCUT2D eigenvalue weighted by Gasteiger charge is 2.18. The van der Waals surface area contributed by atoms with Crippen LogP contribution in [0.5, 0.6) is 0 Å². The Morgan fingerprint density at radius 2 is 2.50 bits per heavy atom. The molecule has 0 N–H and O–H groups in total. The van der Waals surface area contributed by atoms with Crippen LogP contribution in [0.25, 0.3) is 6.08 Å². The predicted molar refractivity (Wildman–Crippen MR) is 58.2 cm³/mol. The average molecular weight is 209 g/mol. The number of fused-ring (bicyclic) bond motifs is 1. The van der Waals surface area contributed by atoms with Crippen LogP contribution in [0.15, 0.2) is 12.1 Å². The fourth-order valence-corrected chi connectivity index (χ4v) is 2.04. The molecule has 0 spiro atoms. The predicted octanol–water partition coefficient (Wildman–Crippen LogP) is 1.87. The number of allylic oxidation sites excluding steroid dienone is 1. The lowest BCUT2D eigenvalue weighted by molar-refractivity contribution is 0.0519. The minimum atomic E-state index is -0.259. The van der Waals surface area contributed by atoms with Gasteiger partial charge in [0.2, 0.25) is 0 Å². The lowest BCUT2D eigenvalue weighted by Crippen LogP contribution is -2.07. The second-order valence-electron chi connectivity index (χ2n) is 3.14. The summed E-state index contributed by atoms with van der Waals surface area (Å²) in [6.07, 6.45) is 5.01. The summed E-state index contributed by atoms with van der Waals surface area (Å²) in [5, 5.41) is 0. The second kappa shape index (κ2) is 3.58. The van der Waals surface area contributed by atoms with Gasteiger partial charge < -0.3 is 9.07 Å². The number of carbonyl (C=O) groups excluding carboxylic acids is 1. The molecule has 0 fully saturated rings. The summed E-state index contributed by atoms with van der Waals surface area (Å²) in [6.45, 7) is 2.22. The van der Waals surface area contributed by atoms with E-state index in [0.29, 0.717) is 12.3 Å². The lowest BCUT2D eigenvalue weighted by Gasteiger charge is -2.03. The van der Waals surface area contributed by atoms with Crippen molar-refractivity contribution in [1.29, 1.82) is 0 Å². The Hall–Kier alpha value is -1.08. The van der Waals surface area contributed by atoms with Crippen molar-refractivity contribution in [3.8, 4) is 0 Å². The first-order chi connectivity index (χ1) is 6.74. The third-order valence-electron chi connectivity index (χ3n) is 2.26. The van der Waals surface area contributed by atoms with E-state index in [1.807, 2.05) is 19.1 Å². The number of rotatable bonds is 2. The Balaban J connectivity index is 2.36. The normalized spacial score (nSPS) is 13.0. The van der Waals surface area contributed by atoms with E-state index >= 15 is 0 Å². The summed E-state index contributed by atoms with van der Waals surface area (Å²) < 4.78 is 6.75. The molecule has 1 aliphatic rings. The minimum Gasteiger partial charge on any atom is -0.461 e. The van der Waals surface area contributed by atoms with Gasteiger partial charge in [-0.25, -0.2) is 4.79 Å². The molecule has 2 rings (SSSR count). The van der Waals surface area contributed by atoms with Gasteiger partial charge in [-0.15, -0.1) is 0 Å². The van der Waals surface area contributed by atoms with Crippen molar-refractivity contribution in [2.45, 2.75) is 13.3 Å². The Bertz CT molecular complexity index is 406. The standard InChI is InChI=1S/C10H12NO2P/c1-2-13-10(12)9-6-7-4-3-5-8(7)11(9)14/h3,5-6H,2,4,14H2,1H3. The largest absolute Gasteiger partial charge is 0.461 e.